The first-order chi connectivity index (χ1) is 16.4. The first-order valence-electron chi connectivity index (χ1n) is 10.6. The summed E-state index contributed by atoms with van der Waals surface area (Å²) in [6.45, 7) is 3.99. The number of ketones is 1. The van der Waals surface area contributed by atoms with Crippen molar-refractivity contribution in [1.29, 1.82) is 0 Å². The molecule has 0 aliphatic rings. The van der Waals surface area contributed by atoms with E-state index >= 15 is 0 Å². The Morgan fingerprint density at radius 3 is 2.47 bits per heavy atom. The highest BCUT2D eigenvalue weighted by Crippen LogP contribution is 2.33. The van der Waals surface area contributed by atoms with E-state index in [1.807, 2.05) is 6.92 Å². The Bertz CT molecular complexity index is 1350. The molecule has 3 aromatic carbocycles. The van der Waals surface area contributed by atoms with E-state index < -0.39 is 12.0 Å². The van der Waals surface area contributed by atoms with Gasteiger partial charge in [-0.15, -0.1) is 0 Å². The van der Waals surface area contributed by atoms with Gasteiger partial charge in [0.15, 0.2) is 11.9 Å². The SMILES string of the molecule is CCOc1ccc(C(=O)c2oc3ccccc3c2NC(=O)C(C)Oc2ccc(Cl)cc2Cl)cc1. The molecule has 8 heteroatoms. The highest BCUT2D eigenvalue weighted by molar-refractivity contribution is 6.35. The number of carbonyl (C=O) groups excluding carboxylic acids is 2. The van der Waals surface area contributed by atoms with Gasteiger partial charge in [-0.3, -0.25) is 9.59 Å². The average Bonchev–Trinajstić information content (AvgIpc) is 3.19. The van der Waals surface area contributed by atoms with Gasteiger partial charge in [-0.25, -0.2) is 0 Å². The normalized spacial score (nSPS) is 11.8. The van der Waals surface area contributed by atoms with E-state index in [0.29, 0.717) is 39.7 Å². The molecule has 6 nitrogen and oxygen atoms in total. The van der Waals surface area contributed by atoms with Crippen molar-refractivity contribution in [2.24, 2.45) is 0 Å². The number of ether oxygens (including phenoxy) is 2. The first-order valence-corrected chi connectivity index (χ1v) is 11.3. The highest BCUT2D eigenvalue weighted by Gasteiger charge is 2.26. The summed E-state index contributed by atoms with van der Waals surface area (Å²) in [5.74, 6) is 0.151. The van der Waals surface area contributed by atoms with Crippen molar-refractivity contribution in [2.75, 3.05) is 11.9 Å². The molecule has 0 saturated carbocycles. The van der Waals surface area contributed by atoms with Crippen LogP contribution in [0, 0.1) is 0 Å². The molecule has 4 rings (SSSR count). The maximum atomic E-state index is 13.3. The van der Waals surface area contributed by atoms with Gasteiger partial charge in [0.25, 0.3) is 5.91 Å². The minimum absolute atomic E-state index is 0.0236. The number of anilines is 1. The third-order valence-electron chi connectivity index (χ3n) is 5.04. The van der Waals surface area contributed by atoms with Crippen molar-refractivity contribution >= 4 is 51.5 Å². The van der Waals surface area contributed by atoms with Gasteiger partial charge in [-0.2, -0.15) is 0 Å². The van der Waals surface area contributed by atoms with Crippen LogP contribution in [0.25, 0.3) is 11.0 Å². The number of para-hydroxylation sites is 1. The molecule has 0 fully saturated rings. The summed E-state index contributed by atoms with van der Waals surface area (Å²) in [4.78, 5) is 26.3. The van der Waals surface area contributed by atoms with Crippen molar-refractivity contribution in [3.05, 3.63) is 88.1 Å². The van der Waals surface area contributed by atoms with Crippen molar-refractivity contribution in [2.45, 2.75) is 20.0 Å². The fourth-order valence-corrected chi connectivity index (χ4v) is 3.82. The summed E-state index contributed by atoms with van der Waals surface area (Å²) in [5, 5.41) is 4.13. The van der Waals surface area contributed by atoms with Crippen LogP contribution in [0.4, 0.5) is 5.69 Å². The van der Waals surface area contributed by atoms with Crippen molar-refractivity contribution in [3.63, 3.8) is 0 Å². The zero-order valence-electron chi connectivity index (χ0n) is 18.4. The second-order valence-electron chi connectivity index (χ2n) is 7.41. The number of nitrogens with one attached hydrogen (secondary N) is 1. The number of carbonyl (C=O) groups is 2. The molecule has 4 aromatic rings. The van der Waals surface area contributed by atoms with Crippen LogP contribution in [-0.4, -0.2) is 24.4 Å². The number of hydrogen-bond donors (Lipinski definition) is 1. The smallest absolute Gasteiger partial charge is 0.265 e. The number of furan rings is 1. The van der Waals surface area contributed by atoms with Crippen LogP contribution in [-0.2, 0) is 4.79 Å². The van der Waals surface area contributed by atoms with Gasteiger partial charge < -0.3 is 19.2 Å². The maximum Gasteiger partial charge on any atom is 0.265 e. The summed E-state index contributed by atoms with van der Waals surface area (Å²) in [6.07, 6.45) is -0.916. The Hall–Kier alpha value is -3.48. The van der Waals surface area contributed by atoms with E-state index in [2.05, 4.69) is 5.32 Å². The van der Waals surface area contributed by atoms with E-state index in [0.717, 1.165) is 0 Å². The van der Waals surface area contributed by atoms with Crippen LogP contribution in [0.3, 0.4) is 0 Å². The van der Waals surface area contributed by atoms with E-state index in [9.17, 15) is 9.59 Å². The molecule has 0 spiro atoms. The Labute approximate surface area is 206 Å². The largest absolute Gasteiger partial charge is 0.494 e. The van der Waals surface area contributed by atoms with Gasteiger partial charge in [0, 0.05) is 16.0 Å². The van der Waals surface area contributed by atoms with Crippen LogP contribution in [0.2, 0.25) is 10.0 Å². The summed E-state index contributed by atoms with van der Waals surface area (Å²) in [7, 11) is 0. The zero-order chi connectivity index (χ0) is 24.2. The molecule has 1 atom stereocenters. The third-order valence-corrected chi connectivity index (χ3v) is 5.57. The van der Waals surface area contributed by atoms with Crippen LogP contribution >= 0.6 is 23.2 Å². The quantitative estimate of drug-likeness (QED) is 0.271. The lowest BCUT2D eigenvalue weighted by molar-refractivity contribution is -0.122. The molecular weight excluding hydrogens is 477 g/mol. The van der Waals surface area contributed by atoms with E-state index in [-0.39, 0.29) is 22.3 Å². The van der Waals surface area contributed by atoms with Crippen LogP contribution < -0.4 is 14.8 Å². The molecule has 1 aromatic heterocycles. The van der Waals surface area contributed by atoms with Gasteiger partial charge >= 0.3 is 0 Å². The molecular formula is C26H21Cl2NO5. The fraction of sp³-hybridized carbons (Fsp3) is 0.154. The molecule has 1 unspecified atom stereocenters. The van der Waals surface area contributed by atoms with Crippen molar-refractivity contribution < 1.29 is 23.5 Å². The summed E-state index contributed by atoms with van der Waals surface area (Å²) in [5.41, 5.74) is 1.15. The third kappa shape index (κ3) is 5.03. The molecule has 0 aliphatic heterocycles. The Morgan fingerprint density at radius 2 is 1.76 bits per heavy atom. The molecule has 174 valence electrons. The average molecular weight is 498 g/mol. The van der Waals surface area contributed by atoms with E-state index in [4.69, 9.17) is 37.1 Å². The molecule has 0 radical (unpaired) electrons. The summed E-state index contributed by atoms with van der Waals surface area (Å²) in [6, 6.07) is 18.5. The topological polar surface area (TPSA) is 77.8 Å². The lowest BCUT2D eigenvalue weighted by Gasteiger charge is -2.16. The number of fused-ring (bicyclic) bond motifs is 1. The molecule has 34 heavy (non-hydrogen) atoms. The summed E-state index contributed by atoms with van der Waals surface area (Å²) >= 11 is 12.1. The standard InChI is InChI=1S/C26H21Cl2NO5/c1-3-32-18-11-8-16(9-12-18)24(30)25-23(19-6-4-5-7-21(19)34-25)29-26(31)15(2)33-22-13-10-17(27)14-20(22)28/h4-15H,3H2,1-2H3,(H,29,31). The van der Waals surface area contributed by atoms with Crippen molar-refractivity contribution in [1.82, 2.24) is 0 Å². The van der Waals surface area contributed by atoms with Gasteiger partial charge in [0.05, 0.1) is 17.3 Å². The number of rotatable bonds is 8. The lowest BCUT2D eigenvalue weighted by Crippen LogP contribution is -2.30. The Morgan fingerprint density at radius 1 is 1.03 bits per heavy atom. The van der Waals surface area contributed by atoms with Crippen LogP contribution in [0.15, 0.2) is 71.1 Å². The predicted molar refractivity (Wildman–Crippen MR) is 132 cm³/mol. The highest BCUT2D eigenvalue weighted by atomic mass is 35.5. The predicted octanol–water partition coefficient (Wildman–Crippen LogP) is 6.78. The molecule has 0 bridgehead atoms. The number of halogens is 2. The number of benzene rings is 3. The first kappa shape index (κ1) is 23.7. The second kappa shape index (κ2) is 10.2. The van der Waals surface area contributed by atoms with Crippen LogP contribution in [0.1, 0.15) is 30.0 Å². The Kier molecular flexibility index (Phi) is 7.10. The van der Waals surface area contributed by atoms with Gasteiger partial charge in [-0.1, -0.05) is 35.3 Å². The molecule has 0 saturated heterocycles. The van der Waals surface area contributed by atoms with Gasteiger partial charge in [0.1, 0.15) is 17.1 Å². The fourth-order valence-electron chi connectivity index (χ4n) is 3.37. The molecule has 1 N–H and O–H groups in total. The zero-order valence-corrected chi connectivity index (χ0v) is 19.9. The number of amides is 1. The van der Waals surface area contributed by atoms with Gasteiger partial charge in [0.2, 0.25) is 5.78 Å². The molecule has 0 aliphatic carbocycles. The van der Waals surface area contributed by atoms with Gasteiger partial charge in [-0.05, 0) is 68.4 Å². The van der Waals surface area contributed by atoms with Crippen LogP contribution in [0.5, 0.6) is 11.5 Å². The maximum absolute atomic E-state index is 13.3. The van der Waals surface area contributed by atoms with Crippen molar-refractivity contribution in [3.8, 4) is 11.5 Å². The lowest BCUT2D eigenvalue weighted by atomic mass is 10.1. The van der Waals surface area contributed by atoms with E-state index in [1.54, 1.807) is 67.6 Å². The monoisotopic (exact) mass is 497 g/mol. The minimum atomic E-state index is -0.916. The minimum Gasteiger partial charge on any atom is -0.494 e. The molecule has 1 heterocycles. The van der Waals surface area contributed by atoms with E-state index in [1.165, 1.54) is 6.07 Å². The second-order valence-corrected chi connectivity index (χ2v) is 8.26. The summed E-state index contributed by atoms with van der Waals surface area (Å²) < 4.78 is 17.0. The molecule has 1 amide bonds. The number of hydrogen-bond acceptors (Lipinski definition) is 5. The Balaban J connectivity index is 1.62.